The van der Waals surface area contributed by atoms with E-state index in [1.165, 1.54) is 57.5 Å². The second-order valence-corrected chi connectivity index (χ2v) is 6.82. The zero-order valence-electron chi connectivity index (χ0n) is 17.1. The van der Waals surface area contributed by atoms with Gasteiger partial charge in [0.1, 0.15) is 11.6 Å². The van der Waals surface area contributed by atoms with Crippen molar-refractivity contribution in [3.05, 3.63) is 82.1 Å². The van der Waals surface area contributed by atoms with Gasteiger partial charge >= 0.3 is 0 Å². The fraction of sp³-hybridized carbons (Fsp3) is 0.174. The van der Waals surface area contributed by atoms with E-state index in [2.05, 4.69) is 5.32 Å². The van der Waals surface area contributed by atoms with Gasteiger partial charge in [0.15, 0.2) is 0 Å². The van der Waals surface area contributed by atoms with E-state index >= 15 is 0 Å². The van der Waals surface area contributed by atoms with E-state index in [4.69, 9.17) is 9.47 Å². The summed E-state index contributed by atoms with van der Waals surface area (Å²) in [6.45, 7) is 1.52. The number of carbonyl (C=O) groups excluding carboxylic acids is 3. The summed E-state index contributed by atoms with van der Waals surface area (Å²) in [5.74, 6) is -2.59. The minimum atomic E-state index is -0.609. The minimum absolute atomic E-state index is 0.0326. The number of aromatic hydroxyl groups is 1. The SMILES string of the molecule is COC1=C(OC)C(=O)C(Cc2ccc(O)c(C(=O)Nc3ccc(F)cc3)c2)=C(C)C1=O. The number of rotatable bonds is 6. The third kappa shape index (κ3) is 4.32. The zero-order chi connectivity index (χ0) is 22.7. The Balaban J connectivity index is 1.89. The van der Waals surface area contributed by atoms with Gasteiger partial charge in [-0.3, -0.25) is 14.4 Å². The van der Waals surface area contributed by atoms with Crippen LogP contribution in [0.5, 0.6) is 5.75 Å². The van der Waals surface area contributed by atoms with Crippen molar-refractivity contribution in [1.29, 1.82) is 0 Å². The van der Waals surface area contributed by atoms with Crippen molar-refractivity contribution in [3.8, 4) is 5.75 Å². The molecule has 0 unspecified atom stereocenters. The predicted octanol–water partition coefficient (Wildman–Crippen LogP) is 3.30. The minimum Gasteiger partial charge on any atom is -0.507 e. The molecule has 0 spiro atoms. The Bertz CT molecular complexity index is 1130. The average molecular weight is 425 g/mol. The number of hydrogen-bond donors (Lipinski definition) is 2. The number of methoxy groups -OCH3 is 2. The van der Waals surface area contributed by atoms with Crippen LogP contribution in [-0.2, 0) is 25.5 Å². The number of ketones is 2. The fourth-order valence-corrected chi connectivity index (χ4v) is 3.22. The van der Waals surface area contributed by atoms with Crippen molar-refractivity contribution in [2.24, 2.45) is 0 Å². The largest absolute Gasteiger partial charge is 0.507 e. The molecule has 160 valence electrons. The highest BCUT2D eigenvalue weighted by molar-refractivity contribution is 6.23. The van der Waals surface area contributed by atoms with E-state index in [1.807, 2.05) is 0 Å². The summed E-state index contributed by atoms with van der Waals surface area (Å²) in [4.78, 5) is 37.9. The van der Waals surface area contributed by atoms with Gasteiger partial charge < -0.3 is 19.9 Å². The quantitative estimate of drug-likeness (QED) is 0.689. The van der Waals surface area contributed by atoms with Gasteiger partial charge in [-0.1, -0.05) is 6.07 Å². The first-order chi connectivity index (χ1) is 14.8. The maximum atomic E-state index is 13.0. The van der Waals surface area contributed by atoms with E-state index in [-0.39, 0.29) is 40.4 Å². The van der Waals surface area contributed by atoms with Gasteiger partial charge in [0.25, 0.3) is 5.91 Å². The van der Waals surface area contributed by atoms with Crippen LogP contribution in [0.4, 0.5) is 10.1 Å². The van der Waals surface area contributed by atoms with Crippen LogP contribution in [-0.4, -0.2) is 36.8 Å². The molecule has 8 heteroatoms. The van der Waals surface area contributed by atoms with Crippen LogP contribution in [0.1, 0.15) is 22.8 Å². The van der Waals surface area contributed by atoms with Crippen molar-refractivity contribution in [2.45, 2.75) is 13.3 Å². The molecule has 0 atom stereocenters. The lowest BCUT2D eigenvalue weighted by Gasteiger charge is -2.20. The number of benzene rings is 2. The number of phenols is 1. The number of amides is 1. The summed E-state index contributed by atoms with van der Waals surface area (Å²) >= 11 is 0. The maximum absolute atomic E-state index is 13.0. The molecule has 31 heavy (non-hydrogen) atoms. The molecule has 7 nitrogen and oxygen atoms in total. The van der Waals surface area contributed by atoms with Gasteiger partial charge in [-0.05, 0) is 48.9 Å². The molecule has 0 aromatic heterocycles. The molecule has 0 radical (unpaired) electrons. The van der Waals surface area contributed by atoms with Crippen LogP contribution in [0.25, 0.3) is 0 Å². The smallest absolute Gasteiger partial charge is 0.259 e. The molecule has 3 rings (SSSR count). The van der Waals surface area contributed by atoms with E-state index < -0.39 is 23.3 Å². The summed E-state index contributed by atoms with van der Waals surface area (Å²) in [6, 6.07) is 9.47. The Kier molecular flexibility index (Phi) is 6.20. The Morgan fingerprint density at radius 2 is 1.61 bits per heavy atom. The number of carbonyl (C=O) groups is 3. The third-order valence-electron chi connectivity index (χ3n) is 4.88. The molecule has 0 heterocycles. The molecular weight excluding hydrogens is 405 g/mol. The molecule has 0 aliphatic heterocycles. The summed E-state index contributed by atoms with van der Waals surface area (Å²) in [6.07, 6.45) is 0.0391. The normalized spacial score (nSPS) is 14.1. The van der Waals surface area contributed by atoms with Gasteiger partial charge in [0, 0.05) is 23.3 Å². The highest BCUT2D eigenvalue weighted by atomic mass is 19.1. The Labute approximate surface area is 177 Å². The lowest BCUT2D eigenvalue weighted by Crippen LogP contribution is -2.26. The van der Waals surface area contributed by atoms with Crippen LogP contribution in [0.3, 0.4) is 0 Å². The Morgan fingerprint density at radius 1 is 1.00 bits per heavy atom. The molecule has 2 aromatic rings. The molecule has 1 amide bonds. The standard InChI is InChI=1S/C23H20FNO6/c1-12-16(20(28)22(31-3)21(30-2)19(12)27)10-13-4-9-18(26)17(11-13)23(29)25-15-7-5-14(24)6-8-15/h4-9,11,26H,10H2,1-3H3,(H,25,29). The van der Waals surface area contributed by atoms with Crippen LogP contribution < -0.4 is 5.32 Å². The molecule has 0 saturated heterocycles. The highest BCUT2D eigenvalue weighted by Gasteiger charge is 2.34. The van der Waals surface area contributed by atoms with E-state index in [1.54, 1.807) is 6.07 Å². The molecule has 0 bridgehead atoms. The number of ether oxygens (including phenoxy) is 2. The van der Waals surface area contributed by atoms with Crippen molar-refractivity contribution in [1.82, 2.24) is 0 Å². The van der Waals surface area contributed by atoms with Crippen molar-refractivity contribution in [2.75, 3.05) is 19.5 Å². The predicted molar refractivity (Wildman–Crippen MR) is 110 cm³/mol. The lowest BCUT2D eigenvalue weighted by molar-refractivity contribution is -0.121. The highest BCUT2D eigenvalue weighted by Crippen LogP contribution is 2.29. The Hall–Kier alpha value is -3.94. The summed E-state index contributed by atoms with van der Waals surface area (Å²) in [5, 5.41) is 12.7. The number of anilines is 1. The number of allylic oxidation sites excluding steroid dienone is 2. The van der Waals surface area contributed by atoms with Gasteiger partial charge in [-0.15, -0.1) is 0 Å². The number of hydrogen-bond acceptors (Lipinski definition) is 6. The fourth-order valence-electron chi connectivity index (χ4n) is 3.22. The topological polar surface area (TPSA) is 102 Å². The molecule has 2 N–H and O–H groups in total. The molecule has 0 saturated carbocycles. The number of halogens is 1. The molecule has 1 aliphatic carbocycles. The number of nitrogens with one attached hydrogen (secondary N) is 1. The second-order valence-electron chi connectivity index (χ2n) is 6.82. The van der Waals surface area contributed by atoms with E-state index in [0.717, 1.165) is 0 Å². The van der Waals surface area contributed by atoms with Gasteiger partial charge in [0.05, 0.1) is 19.8 Å². The van der Waals surface area contributed by atoms with Crippen LogP contribution >= 0.6 is 0 Å². The summed E-state index contributed by atoms with van der Waals surface area (Å²) in [7, 11) is 2.56. The monoisotopic (exact) mass is 425 g/mol. The van der Waals surface area contributed by atoms with Gasteiger partial charge in [-0.25, -0.2) is 4.39 Å². The van der Waals surface area contributed by atoms with Crippen molar-refractivity contribution >= 4 is 23.2 Å². The lowest BCUT2D eigenvalue weighted by atomic mass is 9.88. The Morgan fingerprint density at radius 3 is 2.23 bits per heavy atom. The third-order valence-corrected chi connectivity index (χ3v) is 4.88. The summed E-state index contributed by atoms with van der Waals surface area (Å²) in [5.41, 5.74) is 1.26. The van der Waals surface area contributed by atoms with Gasteiger partial charge in [0.2, 0.25) is 23.1 Å². The first kappa shape index (κ1) is 21.8. The maximum Gasteiger partial charge on any atom is 0.259 e. The first-order valence-corrected chi connectivity index (χ1v) is 9.27. The molecule has 0 fully saturated rings. The van der Waals surface area contributed by atoms with Crippen LogP contribution in [0.15, 0.2) is 65.1 Å². The van der Waals surface area contributed by atoms with E-state index in [0.29, 0.717) is 11.3 Å². The first-order valence-electron chi connectivity index (χ1n) is 9.27. The van der Waals surface area contributed by atoms with Crippen LogP contribution in [0.2, 0.25) is 0 Å². The van der Waals surface area contributed by atoms with Gasteiger partial charge in [-0.2, -0.15) is 0 Å². The van der Waals surface area contributed by atoms with Crippen molar-refractivity contribution < 1.29 is 33.4 Å². The summed E-state index contributed by atoms with van der Waals surface area (Å²) < 4.78 is 23.1. The number of Topliss-reactive ketones (excluding diaryl/α,β-unsaturated/α-hetero) is 2. The number of phenolic OH excluding ortho intramolecular Hbond substituents is 1. The molecule has 1 aliphatic rings. The zero-order valence-corrected chi connectivity index (χ0v) is 17.1. The molecule has 2 aromatic carbocycles. The average Bonchev–Trinajstić information content (AvgIpc) is 2.76. The van der Waals surface area contributed by atoms with Crippen molar-refractivity contribution in [3.63, 3.8) is 0 Å². The second kappa shape index (κ2) is 8.83. The van der Waals surface area contributed by atoms with E-state index in [9.17, 15) is 23.9 Å². The van der Waals surface area contributed by atoms with Crippen LogP contribution in [0, 0.1) is 5.82 Å². The molecular formula is C23H20FNO6.